The van der Waals surface area contributed by atoms with E-state index in [0.29, 0.717) is 10.7 Å². The van der Waals surface area contributed by atoms with Gasteiger partial charge in [0.05, 0.1) is 15.9 Å². The van der Waals surface area contributed by atoms with Gasteiger partial charge in [0, 0.05) is 10.7 Å². The molecule has 2 nitrogen and oxygen atoms in total. The molecule has 2 unspecified atom stereocenters. The van der Waals surface area contributed by atoms with E-state index >= 15 is 0 Å². The maximum Gasteiger partial charge on any atom is 0.116 e. The van der Waals surface area contributed by atoms with E-state index in [1.54, 1.807) is 17.7 Å². The van der Waals surface area contributed by atoms with Crippen LogP contribution in [-0.2, 0) is 0 Å². The normalized spacial score (nSPS) is 15.4. The van der Waals surface area contributed by atoms with Gasteiger partial charge in [-0.15, -0.1) is 11.3 Å². The van der Waals surface area contributed by atoms with Crippen molar-refractivity contribution in [1.82, 2.24) is 9.97 Å². The number of hydrogen-bond donors (Lipinski definition) is 0. The molecule has 0 aromatic carbocycles. The molecule has 0 N–H and O–H groups in total. The van der Waals surface area contributed by atoms with Crippen molar-refractivity contribution in [3.8, 4) is 0 Å². The minimum absolute atomic E-state index is 0.430. The first-order valence-electron chi connectivity index (χ1n) is 5.06. The van der Waals surface area contributed by atoms with E-state index < -0.39 is 0 Å². The van der Waals surface area contributed by atoms with Crippen LogP contribution in [0.3, 0.4) is 0 Å². The Morgan fingerprint density at radius 3 is 3.00 bits per heavy atom. The smallest absolute Gasteiger partial charge is 0.116 e. The van der Waals surface area contributed by atoms with Crippen LogP contribution in [0.4, 0.5) is 0 Å². The van der Waals surface area contributed by atoms with Crippen LogP contribution in [0.25, 0.3) is 10.2 Å². The minimum atomic E-state index is 0.430. The van der Waals surface area contributed by atoms with E-state index in [9.17, 15) is 0 Å². The lowest BCUT2D eigenvalue weighted by atomic mass is 10.0. The lowest BCUT2D eigenvalue weighted by Crippen LogP contribution is -2.09. The first-order chi connectivity index (χ1) is 7.24. The number of thiophene rings is 1. The molecule has 15 heavy (non-hydrogen) atoms. The molecule has 0 aliphatic carbocycles. The summed E-state index contributed by atoms with van der Waals surface area (Å²) in [4.78, 5) is 9.15. The van der Waals surface area contributed by atoms with Gasteiger partial charge in [-0.25, -0.2) is 9.97 Å². The second kappa shape index (κ2) is 4.58. The lowest BCUT2D eigenvalue weighted by molar-refractivity contribution is 0.680. The summed E-state index contributed by atoms with van der Waals surface area (Å²) in [6, 6.07) is 2.05. The van der Waals surface area contributed by atoms with Crippen LogP contribution in [0.15, 0.2) is 17.8 Å². The lowest BCUT2D eigenvalue weighted by Gasteiger charge is -2.16. The molecule has 0 spiro atoms. The Morgan fingerprint density at radius 1 is 1.47 bits per heavy atom. The van der Waals surface area contributed by atoms with Crippen LogP contribution in [0.5, 0.6) is 0 Å². The zero-order chi connectivity index (χ0) is 10.8. The highest BCUT2D eigenvalue weighted by Crippen LogP contribution is 2.32. The summed E-state index contributed by atoms with van der Waals surface area (Å²) in [5.74, 6) is 0.430. The van der Waals surface area contributed by atoms with Crippen molar-refractivity contribution in [3.63, 3.8) is 0 Å². The summed E-state index contributed by atoms with van der Waals surface area (Å²) < 4.78 is 1.22. The molecule has 4 heteroatoms. The third-order valence-corrected chi connectivity index (χ3v) is 5.00. The molecule has 2 aromatic heterocycles. The fourth-order valence-corrected chi connectivity index (χ4v) is 2.84. The Balaban J connectivity index is 2.46. The van der Waals surface area contributed by atoms with Crippen molar-refractivity contribution in [3.05, 3.63) is 23.5 Å². The summed E-state index contributed by atoms with van der Waals surface area (Å²) in [5.41, 5.74) is 2.23. The quantitative estimate of drug-likeness (QED) is 0.797. The van der Waals surface area contributed by atoms with Crippen molar-refractivity contribution in [2.24, 2.45) is 0 Å². The van der Waals surface area contributed by atoms with Crippen molar-refractivity contribution in [2.75, 3.05) is 0 Å². The highest BCUT2D eigenvalue weighted by atomic mass is 79.9. The van der Waals surface area contributed by atoms with E-state index in [2.05, 4.69) is 45.1 Å². The van der Waals surface area contributed by atoms with Gasteiger partial charge in [0.1, 0.15) is 6.33 Å². The molecule has 0 saturated heterocycles. The van der Waals surface area contributed by atoms with Gasteiger partial charge in [0.15, 0.2) is 0 Å². The van der Waals surface area contributed by atoms with Crippen LogP contribution >= 0.6 is 27.3 Å². The maximum atomic E-state index is 4.42. The average molecular weight is 285 g/mol. The van der Waals surface area contributed by atoms with E-state index in [-0.39, 0.29) is 0 Å². The zero-order valence-electron chi connectivity index (χ0n) is 8.77. The molecule has 2 aromatic rings. The van der Waals surface area contributed by atoms with Crippen LogP contribution in [0.2, 0.25) is 0 Å². The molecule has 0 fully saturated rings. The number of hydrogen-bond acceptors (Lipinski definition) is 3. The number of alkyl halides is 1. The molecule has 0 amide bonds. The molecule has 0 saturated carbocycles. The van der Waals surface area contributed by atoms with E-state index in [4.69, 9.17) is 0 Å². The average Bonchev–Trinajstić information content (AvgIpc) is 2.74. The van der Waals surface area contributed by atoms with Crippen LogP contribution < -0.4 is 0 Å². The van der Waals surface area contributed by atoms with E-state index in [1.165, 1.54) is 10.4 Å². The maximum absolute atomic E-state index is 4.42. The highest BCUT2D eigenvalue weighted by Gasteiger charge is 2.18. The van der Waals surface area contributed by atoms with Gasteiger partial charge in [-0.05, 0) is 17.9 Å². The van der Waals surface area contributed by atoms with Gasteiger partial charge in [-0.3, -0.25) is 0 Å². The predicted octanol–water partition coefficient (Wildman–Crippen LogP) is 3.97. The molecule has 2 heterocycles. The molecule has 0 aliphatic heterocycles. The summed E-state index contributed by atoms with van der Waals surface area (Å²) in [6.07, 6.45) is 2.77. The molecule has 0 aliphatic rings. The molecular formula is C11H13BrN2S. The third-order valence-electron chi connectivity index (χ3n) is 2.63. The summed E-state index contributed by atoms with van der Waals surface area (Å²) in [5, 5.41) is 2.07. The van der Waals surface area contributed by atoms with Crippen molar-refractivity contribution in [2.45, 2.75) is 31.0 Å². The van der Waals surface area contributed by atoms with Gasteiger partial charge in [-0.2, -0.15) is 0 Å². The Labute approximate surface area is 102 Å². The minimum Gasteiger partial charge on any atom is -0.240 e. The largest absolute Gasteiger partial charge is 0.240 e. The number of rotatable bonds is 3. The number of halogens is 1. The van der Waals surface area contributed by atoms with Gasteiger partial charge in [-0.1, -0.05) is 29.8 Å². The summed E-state index contributed by atoms with van der Waals surface area (Å²) in [7, 11) is 0. The number of nitrogens with zero attached hydrogens (tertiary/aromatic N) is 2. The monoisotopic (exact) mass is 284 g/mol. The van der Waals surface area contributed by atoms with Gasteiger partial charge < -0.3 is 0 Å². The van der Waals surface area contributed by atoms with Crippen molar-refractivity contribution in [1.29, 1.82) is 0 Å². The number of aromatic nitrogens is 2. The van der Waals surface area contributed by atoms with Crippen molar-refractivity contribution < 1.29 is 0 Å². The SMILES string of the molecule is CCC(Br)C(C)c1ncnc2ccsc12. The summed E-state index contributed by atoms with van der Waals surface area (Å²) in [6.45, 7) is 4.40. The Hall–Kier alpha value is -0.480. The third kappa shape index (κ3) is 2.06. The van der Waals surface area contributed by atoms with Gasteiger partial charge in [0.2, 0.25) is 0 Å². The first-order valence-corrected chi connectivity index (χ1v) is 6.85. The van der Waals surface area contributed by atoms with E-state index in [1.807, 2.05) is 6.07 Å². The number of fused-ring (bicyclic) bond motifs is 1. The molecule has 0 radical (unpaired) electrons. The molecule has 2 atom stereocenters. The molecule has 80 valence electrons. The molecular weight excluding hydrogens is 272 g/mol. The van der Waals surface area contributed by atoms with Gasteiger partial charge >= 0.3 is 0 Å². The van der Waals surface area contributed by atoms with Crippen molar-refractivity contribution >= 4 is 37.5 Å². The highest BCUT2D eigenvalue weighted by molar-refractivity contribution is 9.09. The topological polar surface area (TPSA) is 25.8 Å². The van der Waals surface area contributed by atoms with Gasteiger partial charge in [0.25, 0.3) is 0 Å². The van der Waals surface area contributed by atoms with Crippen LogP contribution in [0.1, 0.15) is 31.9 Å². The standard InChI is InChI=1S/C11H13BrN2S/c1-3-8(12)7(2)10-11-9(4-5-15-11)13-6-14-10/h4-8H,3H2,1-2H3. The Kier molecular flexibility index (Phi) is 3.36. The second-order valence-electron chi connectivity index (χ2n) is 3.61. The molecule has 2 rings (SSSR count). The zero-order valence-corrected chi connectivity index (χ0v) is 11.2. The Bertz CT molecular complexity index is 455. The van der Waals surface area contributed by atoms with E-state index in [0.717, 1.165) is 11.9 Å². The summed E-state index contributed by atoms with van der Waals surface area (Å²) >= 11 is 5.42. The second-order valence-corrected chi connectivity index (χ2v) is 5.70. The fraction of sp³-hybridized carbons (Fsp3) is 0.455. The fourth-order valence-electron chi connectivity index (χ4n) is 1.66. The predicted molar refractivity (Wildman–Crippen MR) is 68.8 cm³/mol. The van der Waals surface area contributed by atoms with Crippen LogP contribution in [-0.4, -0.2) is 14.8 Å². The van der Waals surface area contributed by atoms with Crippen LogP contribution in [0, 0.1) is 0 Å². The first kappa shape index (κ1) is 11.0. The molecule has 0 bridgehead atoms. The Morgan fingerprint density at radius 2 is 2.27 bits per heavy atom.